The van der Waals surface area contributed by atoms with Crippen LogP contribution in [0.25, 0.3) is 0 Å². The third-order valence-corrected chi connectivity index (χ3v) is 3.40. The van der Waals surface area contributed by atoms with Gasteiger partial charge in [-0.15, -0.1) is 0 Å². The van der Waals surface area contributed by atoms with Crippen LogP contribution in [0.4, 0.5) is 0 Å². The van der Waals surface area contributed by atoms with Crippen LogP contribution in [0.15, 0.2) is 18.2 Å². The summed E-state index contributed by atoms with van der Waals surface area (Å²) in [6, 6.07) is 3.43. The van der Waals surface area contributed by atoms with Crippen molar-refractivity contribution in [2.45, 2.75) is 18.9 Å². The smallest absolute Gasteiger partial charge is 0.249 e. The predicted octanol–water partition coefficient (Wildman–Crippen LogP) is 0.608. The zero-order chi connectivity index (χ0) is 16.7. The van der Waals surface area contributed by atoms with Gasteiger partial charge >= 0.3 is 0 Å². The summed E-state index contributed by atoms with van der Waals surface area (Å²) < 4.78 is 5.39. The van der Waals surface area contributed by atoms with E-state index < -0.39 is 23.8 Å². The summed E-state index contributed by atoms with van der Waals surface area (Å²) in [6.45, 7) is 0.200. The van der Waals surface area contributed by atoms with Crippen molar-refractivity contribution >= 4 is 40.9 Å². The summed E-state index contributed by atoms with van der Waals surface area (Å²) in [5, 5.41) is 2.80. The number of halogens is 2. The molecule has 0 aliphatic rings. The SMILES string of the molecule is NC(=O)C(NC(=O)CCCOc1cccc(Cl)c1Cl)C(N)=O. The van der Waals surface area contributed by atoms with Gasteiger partial charge in [0.25, 0.3) is 0 Å². The molecule has 0 saturated carbocycles. The average Bonchev–Trinajstić information content (AvgIpc) is 2.44. The van der Waals surface area contributed by atoms with Gasteiger partial charge in [0.05, 0.1) is 11.6 Å². The number of ether oxygens (including phenoxy) is 1. The summed E-state index contributed by atoms with van der Waals surface area (Å²) in [4.78, 5) is 33.4. The maximum absolute atomic E-state index is 11.6. The van der Waals surface area contributed by atoms with E-state index in [2.05, 4.69) is 5.32 Å². The molecule has 1 aromatic rings. The van der Waals surface area contributed by atoms with Gasteiger partial charge in [-0.05, 0) is 18.6 Å². The lowest BCUT2D eigenvalue weighted by molar-refractivity contribution is -0.134. The Morgan fingerprint density at radius 1 is 1.18 bits per heavy atom. The number of benzene rings is 1. The van der Waals surface area contributed by atoms with E-state index in [1.54, 1.807) is 18.2 Å². The van der Waals surface area contributed by atoms with Crippen molar-refractivity contribution in [1.29, 1.82) is 0 Å². The summed E-state index contributed by atoms with van der Waals surface area (Å²) >= 11 is 11.8. The Morgan fingerprint density at radius 3 is 2.41 bits per heavy atom. The molecule has 22 heavy (non-hydrogen) atoms. The first-order valence-electron chi connectivity index (χ1n) is 6.27. The van der Waals surface area contributed by atoms with E-state index in [1.165, 1.54) is 0 Å². The molecule has 9 heteroatoms. The lowest BCUT2D eigenvalue weighted by atomic mass is 10.2. The molecule has 0 atom stereocenters. The largest absolute Gasteiger partial charge is 0.492 e. The van der Waals surface area contributed by atoms with Crippen LogP contribution in [-0.2, 0) is 14.4 Å². The molecule has 0 aliphatic heterocycles. The van der Waals surface area contributed by atoms with E-state index in [0.717, 1.165) is 0 Å². The second kappa shape index (κ2) is 8.45. The Kier molecular flexibility index (Phi) is 6.94. The van der Waals surface area contributed by atoms with E-state index in [0.29, 0.717) is 17.2 Å². The molecule has 0 heterocycles. The number of hydrogen-bond donors (Lipinski definition) is 3. The molecule has 0 radical (unpaired) electrons. The van der Waals surface area contributed by atoms with Gasteiger partial charge in [0, 0.05) is 6.42 Å². The Labute approximate surface area is 136 Å². The third-order valence-electron chi connectivity index (χ3n) is 2.60. The van der Waals surface area contributed by atoms with E-state index in [1.807, 2.05) is 0 Å². The molecule has 5 N–H and O–H groups in total. The minimum atomic E-state index is -1.52. The molecule has 1 rings (SSSR count). The third kappa shape index (κ3) is 5.42. The van der Waals surface area contributed by atoms with Gasteiger partial charge in [0.2, 0.25) is 17.7 Å². The average molecular weight is 348 g/mol. The van der Waals surface area contributed by atoms with Crippen molar-refractivity contribution in [2.75, 3.05) is 6.61 Å². The maximum atomic E-state index is 11.6. The van der Waals surface area contributed by atoms with Gasteiger partial charge in [-0.3, -0.25) is 14.4 Å². The van der Waals surface area contributed by atoms with Crippen LogP contribution in [0.5, 0.6) is 5.75 Å². The van der Waals surface area contributed by atoms with Crippen molar-refractivity contribution < 1.29 is 19.1 Å². The first kappa shape index (κ1) is 18.1. The molecule has 1 aromatic carbocycles. The number of carbonyl (C=O) groups is 3. The summed E-state index contributed by atoms with van der Waals surface area (Å²) in [5.74, 6) is -2.16. The monoisotopic (exact) mass is 347 g/mol. The van der Waals surface area contributed by atoms with Crippen molar-refractivity contribution in [3.05, 3.63) is 28.2 Å². The molecule has 7 nitrogen and oxygen atoms in total. The van der Waals surface area contributed by atoms with E-state index in [-0.39, 0.29) is 18.1 Å². The molecule has 0 spiro atoms. The van der Waals surface area contributed by atoms with Crippen LogP contribution in [0.1, 0.15) is 12.8 Å². The molecular weight excluding hydrogens is 333 g/mol. The normalized spacial score (nSPS) is 10.3. The highest BCUT2D eigenvalue weighted by Gasteiger charge is 2.23. The van der Waals surface area contributed by atoms with Crippen LogP contribution in [-0.4, -0.2) is 30.4 Å². The fourth-order valence-corrected chi connectivity index (χ4v) is 1.87. The lowest BCUT2D eigenvalue weighted by Gasteiger charge is -2.12. The highest BCUT2D eigenvalue weighted by atomic mass is 35.5. The Balaban J connectivity index is 2.38. The Morgan fingerprint density at radius 2 is 1.82 bits per heavy atom. The van der Waals surface area contributed by atoms with Gasteiger partial charge in [-0.2, -0.15) is 0 Å². The van der Waals surface area contributed by atoms with Crippen molar-refractivity contribution in [3.8, 4) is 5.75 Å². The van der Waals surface area contributed by atoms with Crippen LogP contribution >= 0.6 is 23.2 Å². The number of nitrogens with two attached hydrogens (primary N) is 2. The van der Waals surface area contributed by atoms with Gasteiger partial charge in [-0.1, -0.05) is 29.3 Å². The van der Waals surface area contributed by atoms with E-state index in [9.17, 15) is 14.4 Å². The fraction of sp³-hybridized carbons (Fsp3) is 0.308. The molecule has 0 saturated heterocycles. The highest BCUT2D eigenvalue weighted by molar-refractivity contribution is 6.42. The second-order valence-corrected chi connectivity index (χ2v) is 5.09. The summed E-state index contributed by atoms with van der Waals surface area (Å²) in [6.07, 6.45) is 0.355. The van der Waals surface area contributed by atoms with Gasteiger partial charge in [0.15, 0.2) is 6.04 Å². The minimum absolute atomic E-state index is 0.0231. The second-order valence-electron chi connectivity index (χ2n) is 4.31. The highest BCUT2D eigenvalue weighted by Crippen LogP contribution is 2.31. The Hall–Kier alpha value is -1.99. The first-order chi connectivity index (χ1) is 10.3. The van der Waals surface area contributed by atoms with Crippen LogP contribution in [0, 0.1) is 0 Å². The van der Waals surface area contributed by atoms with Crippen LogP contribution < -0.4 is 21.5 Å². The first-order valence-corrected chi connectivity index (χ1v) is 7.03. The maximum Gasteiger partial charge on any atom is 0.249 e. The zero-order valence-corrected chi connectivity index (χ0v) is 13.0. The molecule has 0 aliphatic carbocycles. The molecular formula is C13H15Cl2N3O4. The molecule has 0 bridgehead atoms. The van der Waals surface area contributed by atoms with Crippen LogP contribution in [0.3, 0.4) is 0 Å². The van der Waals surface area contributed by atoms with Crippen molar-refractivity contribution in [1.82, 2.24) is 5.32 Å². The zero-order valence-electron chi connectivity index (χ0n) is 11.5. The fourth-order valence-electron chi connectivity index (χ4n) is 1.53. The predicted molar refractivity (Wildman–Crippen MR) is 81.5 cm³/mol. The van der Waals surface area contributed by atoms with Crippen molar-refractivity contribution in [2.24, 2.45) is 11.5 Å². The quantitative estimate of drug-likeness (QED) is 0.470. The summed E-state index contributed by atoms with van der Waals surface area (Å²) in [7, 11) is 0. The molecule has 120 valence electrons. The molecule has 0 fully saturated rings. The number of hydrogen-bond acceptors (Lipinski definition) is 4. The van der Waals surface area contributed by atoms with Gasteiger partial charge in [-0.25, -0.2) is 0 Å². The summed E-state index contributed by atoms with van der Waals surface area (Å²) in [5.41, 5.74) is 9.88. The number of rotatable bonds is 8. The number of amides is 3. The lowest BCUT2D eigenvalue weighted by Crippen LogP contribution is -2.52. The van der Waals surface area contributed by atoms with Crippen molar-refractivity contribution in [3.63, 3.8) is 0 Å². The number of carbonyl (C=O) groups excluding carboxylic acids is 3. The molecule has 0 aromatic heterocycles. The van der Waals surface area contributed by atoms with Gasteiger partial charge in [0.1, 0.15) is 10.8 Å². The standard InChI is InChI=1S/C13H15Cl2N3O4/c14-7-3-1-4-8(10(7)15)22-6-2-5-9(19)18-11(12(16)20)13(17)21/h1,3-4,11H,2,5-6H2,(H2,16,20)(H2,17,21)(H,18,19). The van der Waals surface area contributed by atoms with E-state index >= 15 is 0 Å². The van der Waals surface area contributed by atoms with Crippen LogP contribution in [0.2, 0.25) is 10.0 Å². The number of primary amides is 2. The topological polar surface area (TPSA) is 125 Å². The van der Waals surface area contributed by atoms with E-state index in [4.69, 9.17) is 39.4 Å². The molecule has 0 unspecified atom stereocenters. The minimum Gasteiger partial charge on any atom is -0.492 e. The number of nitrogens with one attached hydrogen (secondary N) is 1. The Bertz CT molecular complexity index is 566. The molecule has 3 amide bonds. The van der Waals surface area contributed by atoms with Gasteiger partial charge < -0.3 is 21.5 Å².